The summed E-state index contributed by atoms with van der Waals surface area (Å²) in [6.07, 6.45) is -11.6. The van der Waals surface area contributed by atoms with Crippen LogP contribution in [0.3, 0.4) is 0 Å². The number of aliphatic hydroxyl groups is 5. The monoisotopic (exact) mass is 455 g/mol. The van der Waals surface area contributed by atoms with Crippen LogP contribution in [0.25, 0.3) is 0 Å². The quantitative estimate of drug-likeness (QED) is 0.443. The average Bonchev–Trinajstić information content (AvgIpc) is 2.75. The molecule has 5 atom stereocenters. The van der Waals surface area contributed by atoms with Gasteiger partial charge in [0.05, 0.1) is 18.2 Å². The number of aliphatic hydroxyl groups excluding tert-OH is 4. The lowest BCUT2D eigenvalue weighted by atomic mass is 9.86. The summed E-state index contributed by atoms with van der Waals surface area (Å²) < 4.78 is 46.1. The van der Waals surface area contributed by atoms with Crippen LogP contribution in [0.1, 0.15) is 22.3 Å². The van der Waals surface area contributed by atoms with Crippen LogP contribution < -0.4 is 4.74 Å². The summed E-state index contributed by atoms with van der Waals surface area (Å²) in [6.45, 7) is -0.747. The molecule has 1 saturated heterocycles. The first-order valence-corrected chi connectivity index (χ1v) is 9.42. The molecule has 5 N–H and O–H groups in total. The third-order valence-electron chi connectivity index (χ3n) is 5.16. The van der Waals surface area contributed by atoms with Gasteiger partial charge in [0.2, 0.25) is 5.79 Å². The van der Waals surface area contributed by atoms with E-state index in [0.29, 0.717) is 11.1 Å². The molecule has 0 spiro atoms. The van der Waals surface area contributed by atoms with Crippen molar-refractivity contribution in [3.63, 3.8) is 0 Å². The maximum Gasteiger partial charge on any atom is 0.573 e. The third kappa shape index (κ3) is 4.86. The van der Waals surface area contributed by atoms with Crippen LogP contribution >= 0.6 is 0 Å². The molecule has 0 aliphatic carbocycles. The van der Waals surface area contributed by atoms with E-state index < -0.39 is 48.9 Å². The van der Waals surface area contributed by atoms with Gasteiger partial charge in [0.1, 0.15) is 30.2 Å². The summed E-state index contributed by atoms with van der Waals surface area (Å²) in [5.74, 6) is -2.91. The van der Waals surface area contributed by atoms with Gasteiger partial charge in [-0.05, 0) is 41.8 Å². The highest BCUT2D eigenvalue weighted by Crippen LogP contribution is 2.37. The molecule has 172 valence electrons. The number of nitrogens with zero attached hydrogens (tertiary/aromatic N) is 1. The molecule has 0 aromatic heterocycles. The minimum absolute atomic E-state index is 0.0552. The van der Waals surface area contributed by atoms with Gasteiger partial charge in [0.15, 0.2) is 0 Å². The fourth-order valence-corrected chi connectivity index (χ4v) is 3.49. The Morgan fingerprint density at radius 3 is 2.28 bits per heavy atom. The number of hydrogen-bond donors (Lipinski definition) is 5. The van der Waals surface area contributed by atoms with E-state index in [1.807, 2.05) is 6.07 Å². The Morgan fingerprint density at radius 1 is 1.06 bits per heavy atom. The van der Waals surface area contributed by atoms with Crippen molar-refractivity contribution in [1.29, 1.82) is 5.26 Å². The first-order valence-electron chi connectivity index (χ1n) is 9.42. The fraction of sp³-hybridized carbons (Fsp3) is 0.381. The third-order valence-corrected chi connectivity index (χ3v) is 5.16. The lowest BCUT2D eigenvalue weighted by Crippen LogP contribution is -2.63. The van der Waals surface area contributed by atoms with Crippen molar-refractivity contribution in [3.8, 4) is 11.8 Å². The first-order chi connectivity index (χ1) is 15.0. The fourth-order valence-electron chi connectivity index (χ4n) is 3.49. The van der Waals surface area contributed by atoms with Gasteiger partial charge < -0.3 is 35.0 Å². The summed E-state index contributed by atoms with van der Waals surface area (Å²) in [4.78, 5) is 0. The van der Waals surface area contributed by atoms with Gasteiger partial charge in [-0.1, -0.05) is 18.2 Å². The molecule has 0 bridgehead atoms. The normalized spacial score (nSPS) is 28.2. The number of hydrogen-bond acceptors (Lipinski definition) is 8. The molecular formula is C21H20F3NO7. The minimum atomic E-state index is -4.83. The Kier molecular flexibility index (Phi) is 6.75. The Balaban J connectivity index is 1.91. The van der Waals surface area contributed by atoms with E-state index >= 15 is 0 Å². The lowest BCUT2D eigenvalue weighted by molar-refractivity contribution is -0.357. The maximum atomic E-state index is 12.3. The van der Waals surface area contributed by atoms with Crippen LogP contribution in [0, 0.1) is 11.3 Å². The van der Waals surface area contributed by atoms with Crippen LogP contribution in [-0.2, 0) is 16.9 Å². The number of ether oxygens (including phenoxy) is 2. The zero-order chi connectivity index (χ0) is 23.7. The van der Waals surface area contributed by atoms with Crippen LogP contribution in [0.5, 0.6) is 5.75 Å². The maximum absolute atomic E-state index is 12.3. The SMILES string of the molecule is N#Cc1ccc([C@@]2(O)O[C@H](CO)[C@@H](O)[C@H](O)[C@H]2O)cc1Cc1ccc(OC(F)(F)F)cc1. The zero-order valence-corrected chi connectivity index (χ0v) is 16.4. The highest BCUT2D eigenvalue weighted by Gasteiger charge is 2.53. The molecule has 0 unspecified atom stereocenters. The van der Waals surface area contributed by atoms with E-state index in [2.05, 4.69) is 4.74 Å². The van der Waals surface area contributed by atoms with E-state index in [1.165, 1.54) is 30.3 Å². The molecule has 1 fully saturated rings. The van der Waals surface area contributed by atoms with E-state index in [4.69, 9.17) is 4.74 Å². The standard InChI is InChI=1S/C21H20F3NO7/c22-21(23,24)31-15-5-1-11(2-6-15)7-13-8-14(4-3-12(13)9-25)20(30)19(29)18(28)17(27)16(10-26)32-20/h1-6,8,16-19,26-30H,7,10H2/t16-,17-,18+,19-,20-/m1/s1. The molecule has 1 heterocycles. The second-order valence-electron chi connectivity index (χ2n) is 7.31. The summed E-state index contributed by atoms with van der Waals surface area (Å²) in [6, 6.07) is 10.9. The van der Waals surface area contributed by atoms with Crippen molar-refractivity contribution in [1.82, 2.24) is 0 Å². The number of benzene rings is 2. The molecule has 1 aliphatic rings. The molecule has 1 aliphatic heterocycles. The Hall–Kier alpha value is -2.72. The molecule has 8 nitrogen and oxygen atoms in total. The van der Waals surface area contributed by atoms with Crippen LogP contribution in [0.2, 0.25) is 0 Å². The van der Waals surface area contributed by atoms with Crippen LogP contribution in [0.15, 0.2) is 42.5 Å². The van der Waals surface area contributed by atoms with Gasteiger partial charge >= 0.3 is 6.36 Å². The van der Waals surface area contributed by atoms with Crippen LogP contribution in [-0.4, -0.2) is 62.9 Å². The van der Waals surface area contributed by atoms with Crippen molar-refractivity contribution in [2.24, 2.45) is 0 Å². The Labute approximate surface area is 180 Å². The predicted octanol–water partition coefficient (Wildman–Crippen LogP) is 0.667. The largest absolute Gasteiger partial charge is 0.573 e. The molecule has 32 heavy (non-hydrogen) atoms. The van der Waals surface area contributed by atoms with E-state index in [-0.39, 0.29) is 17.5 Å². The molecule has 0 saturated carbocycles. The van der Waals surface area contributed by atoms with Gasteiger partial charge in [-0.2, -0.15) is 5.26 Å². The topological polar surface area (TPSA) is 143 Å². The predicted molar refractivity (Wildman–Crippen MR) is 101 cm³/mol. The molecule has 0 amide bonds. The smallest absolute Gasteiger partial charge is 0.406 e. The molecule has 0 radical (unpaired) electrons. The second-order valence-corrected chi connectivity index (χ2v) is 7.31. The van der Waals surface area contributed by atoms with E-state index in [9.17, 15) is 44.0 Å². The molecule has 2 aromatic carbocycles. The van der Waals surface area contributed by atoms with Gasteiger partial charge in [0.25, 0.3) is 0 Å². The van der Waals surface area contributed by atoms with E-state index in [0.717, 1.165) is 12.1 Å². The average molecular weight is 455 g/mol. The van der Waals surface area contributed by atoms with Gasteiger partial charge in [-0.3, -0.25) is 0 Å². The summed E-state index contributed by atoms with van der Waals surface area (Å²) in [5.41, 5.74) is 1.01. The second kappa shape index (κ2) is 9.03. The minimum Gasteiger partial charge on any atom is -0.406 e. The first kappa shape index (κ1) is 23.9. The summed E-state index contributed by atoms with van der Waals surface area (Å²) in [5, 5.41) is 60.0. The summed E-state index contributed by atoms with van der Waals surface area (Å²) in [7, 11) is 0. The number of nitriles is 1. The van der Waals surface area contributed by atoms with Crippen molar-refractivity contribution in [2.45, 2.75) is 43.0 Å². The van der Waals surface area contributed by atoms with E-state index in [1.54, 1.807) is 0 Å². The lowest BCUT2D eigenvalue weighted by Gasteiger charge is -2.45. The Morgan fingerprint density at radius 2 is 1.72 bits per heavy atom. The number of rotatable bonds is 5. The molecule has 11 heteroatoms. The van der Waals surface area contributed by atoms with Gasteiger partial charge in [0, 0.05) is 5.56 Å². The number of halogens is 3. The molecule has 2 aromatic rings. The van der Waals surface area contributed by atoms with Crippen molar-refractivity contribution >= 4 is 0 Å². The van der Waals surface area contributed by atoms with Crippen molar-refractivity contribution in [3.05, 3.63) is 64.7 Å². The highest BCUT2D eigenvalue weighted by molar-refractivity contribution is 5.45. The van der Waals surface area contributed by atoms with Crippen molar-refractivity contribution < 1.29 is 48.2 Å². The number of alkyl halides is 3. The van der Waals surface area contributed by atoms with Crippen LogP contribution in [0.4, 0.5) is 13.2 Å². The van der Waals surface area contributed by atoms with Crippen molar-refractivity contribution in [2.75, 3.05) is 6.61 Å². The molecular weight excluding hydrogens is 435 g/mol. The van der Waals surface area contributed by atoms with Gasteiger partial charge in [-0.15, -0.1) is 13.2 Å². The molecule has 3 rings (SSSR count). The highest BCUT2D eigenvalue weighted by atomic mass is 19.4. The van der Waals surface area contributed by atoms with Gasteiger partial charge in [-0.25, -0.2) is 0 Å². The zero-order valence-electron chi connectivity index (χ0n) is 16.4. The Bertz CT molecular complexity index is 990. The summed E-state index contributed by atoms with van der Waals surface area (Å²) >= 11 is 0.